The maximum atomic E-state index is 13.9. The Morgan fingerprint density at radius 2 is 1.67 bits per heavy atom. The summed E-state index contributed by atoms with van der Waals surface area (Å²) < 4.78 is 28.6. The van der Waals surface area contributed by atoms with Crippen LogP contribution in [0, 0.1) is 11.6 Å². The molecule has 4 rings (SSSR count). The van der Waals surface area contributed by atoms with E-state index in [0.29, 0.717) is 16.3 Å². The molecule has 1 heterocycles. The summed E-state index contributed by atoms with van der Waals surface area (Å²) in [6.07, 6.45) is 0. The minimum atomic E-state index is -0.706. The first-order valence-electron chi connectivity index (χ1n) is 8.66. The summed E-state index contributed by atoms with van der Waals surface area (Å²) in [5, 5.41) is 7.32. The van der Waals surface area contributed by atoms with Crippen LogP contribution in [0.15, 0.2) is 66.7 Å². The lowest BCUT2D eigenvalue weighted by Gasteiger charge is -2.07. The van der Waals surface area contributed by atoms with Gasteiger partial charge in [-0.1, -0.05) is 35.3 Å². The van der Waals surface area contributed by atoms with E-state index in [-0.39, 0.29) is 22.4 Å². The summed E-state index contributed by atoms with van der Waals surface area (Å²) in [4.78, 5) is 16.9. The molecular formula is C21H12Cl2F2N4O. The lowest BCUT2D eigenvalue weighted by Crippen LogP contribution is -2.15. The average Bonchev–Trinajstić information content (AvgIpc) is 3.18. The van der Waals surface area contributed by atoms with E-state index in [1.165, 1.54) is 47.1 Å². The Hall–Kier alpha value is -3.29. The second-order valence-corrected chi connectivity index (χ2v) is 7.02. The molecule has 1 N–H and O–H groups in total. The molecule has 30 heavy (non-hydrogen) atoms. The highest BCUT2D eigenvalue weighted by Crippen LogP contribution is 2.27. The first-order valence-corrected chi connectivity index (χ1v) is 9.42. The van der Waals surface area contributed by atoms with Gasteiger partial charge in [-0.3, -0.25) is 4.79 Å². The Bertz CT molecular complexity index is 1240. The molecule has 4 aromatic rings. The van der Waals surface area contributed by atoms with Gasteiger partial charge in [-0.2, -0.15) is 0 Å². The van der Waals surface area contributed by atoms with Gasteiger partial charge in [0.2, 0.25) is 5.82 Å². The van der Waals surface area contributed by atoms with Crippen molar-refractivity contribution in [2.45, 2.75) is 0 Å². The van der Waals surface area contributed by atoms with Crippen LogP contribution in [0.4, 0.5) is 14.5 Å². The highest BCUT2D eigenvalue weighted by atomic mass is 35.5. The van der Waals surface area contributed by atoms with Crippen molar-refractivity contribution < 1.29 is 13.6 Å². The van der Waals surface area contributed by atoms with Crippen LogP contribution in [0.5, 0.6) is 0 Å². The number of amides is 1. The molecule has 0 saturated carbocycles. The lowest BCUT2D eigenvalue weighted by molar-refractivity contribution is 0.101. The molecule has 0 aliphatic heterocycles. The van der Waals surface area contributed by atoms with E-state index in [2.05, 4.69) is 15.4 Å². The number of nitrogens with zero attached hydrogens (tertiary/aromatic N) is 3. The van der Waals surface area contributed by atoms with Gasteiger partial charge in [0, 0.05) is 5.56 Å². The van der Waals surface area contributed by atoms with E-state index in [4.69, 9.17) is 23.2 Å². The zero-order chi connectivity index (χ0) is 21.3. The van der Waals surface area contributed by atoms with Gasteiger partial charge < -0.3 is 5.32 Å². The van der Waals surface area contributed by atoms with Crippen LogP contribution < -0.4 is 5.32 Å². The smallest absolute Gasteiger partial charge is 0.295 e. The molecule has 5 nitrogen and oxygen atoms in total. The van der Waals surface area contributed by atoms with Crippen LogP contribution in [0.25, 0.3) is 17.1 Å². The van der Waals surface area contributed by atoms with E-state index >= 15 is 0 Å². The number of nitrogens with one attached hydrogen (secondary N) is 1. The number of benzene rings is 3. The normalized spacial score (nSPS) is 10.8. The van der Waals surface area contributed by atoms with Crippen molar-refractivity contribution in [1.29, 1.82) is 0 Å². The molecule has 0 saturated heterocycles. The third-order valence-corrected chi connectivity index (χ3v) is 4.92. The SMILES string of the molecule is O=C(Nc1ccccc1F)c1nc(-c2ccc(F)cc2)n(-c2ccc(Cl)c(Cl)c2)n1. The van der Waals surface area contributed by atoms with Crippen molar-refractivity contribution in [3.8, 4) is 17.1 Å². The number of carbonyl (C=O) groups is 1. The topological polar surface area (TPSA) is 59.8 Å². The predicted octanol–water partition coefficient (Wildman–Crippen LogP) is 5.77. The Balaban J connectivity index is 1.79. The third-order valence-electron chi connectivity index (χ3n) is 4.18. The lowest BCUT2D eigenvalue weighted by atomic mass is 10.2. The molecule has 0 unspecified atom stereocenters. The Morgan fingerprint density at radius 3 is 2.37 bits per heavy atom. The molecule has 0 aliphatic carbocycles. The maximum Gasteiger partial charge on any atom is 0.295 e. The van der Waals surface area contributed by atoms with E-state index in [1.54, 1.807) is 24.3 Å². The van der Waals surface area contributed by atoms with Gasteiger partial charge in [-0.15, -0.1) is 5.10 Å². The molecule has 0 atom stereocenters. The van der Waals surface area contributed by atoms with Crippen LogP contribution >= 0.6 is 23.2 Å². The number of hydrogen-bond acceptors (Lipinski definition) is 3. The maximum absolute atomic E-state index is 13.9. The summed E-state index contributed by atoms with van der Waals surface area (Å²) in [6, 6.07) is 16.1. The Morgan fingerprint density at radius 1 is 0.933 bits per heavy atom. The van der Waals surface area contributed by atoms with Crippen LogP contribution in [0.3, 0.4) is 0 Å². The van der Waals surface area contributed by atoms with Crippen LogP contribution in [-0.4, -0.2) is 20.7 Å². The van der Waals surface area contributed by atoms with Crippen molar-refractivity contribution >= 4 is 34.8 Å². The molecule has 0 aliphatic rings. The molecule has 0 fully saturated rings. The van der Waals surface area contributed by atoms with Gasteiger partial charge in [0.1, 0.15) is 11.6 Å². The summed E-state index contributed by atoms with van der Waals surface area (Å²) in [7, 11) is 0. The van der Waals surface area contributed by atoms with Gasteiger partial charge in [0.05, 0.1) is 21.4 Å². The molecule has 0 radical (unpaired) electrons. The van der Waals surface area contributed by atoms with Crippen LogP contribution in [-0.2, 0) is 0 Å². The average molecular weight is 445 g/mol. The minimum absolute atomic E-state index is 0.00304. The second kappa shape index (κ2) is 8.22. The van der Waals surface area contributed by atoms with Gasteiger partial charge in [0.25, 0.3) is 5.91 Å². The summed E-state index contributed by atoms with van der Waals surface area (Å²) in [5.41, 5.74) is 0.998. The molecule has 1 aromatic heterocycles. The minimum Gasteiger partial charge on any atom is -0.317 e. The molecular weight excluding hydrogens is 433 g/mol. The number of halogens is 4. The van der Waals surface area contributed by atoms with Gasteiger partial charge in [-0.05, 0) is 54.6 Å². The number of anilines is 1. The van der Waals surface area contributed by atoms with E-state index < -0.39 is 17.5 Å². The number of rotatable bonds is 4. The first-order chi connectivity index (χ1) is 14.4. The summed E-state index contributed by atoms with van der Waals surface area (Å²) in [6.45, 7) is 0. The van der Waals surface area contributed by atoms with Crippen molar-refractivity contribution in [2.24, 2.45) is 0 Å². The number of aromatic nitrogens is 3. The number of para-hydroxylation sites is 1. The fourth-order valence-corrected chi connectivity index (χ4v) is 3.02. The highest BCUT2D eigenvalue weighted by Gasteiger charge is 2.20. The second-order valence-electron chi connectivity index (χ2n) is 6.21. The number of carbonyl (C=O) groups excluding carboxylic acids is 1. The van der Waals surface area contributed by atoms with Crippen LogP contribution in [0.1, 0.15) is 10.6 Å². The molecule has 1 amide bonds. The number of hydrogen-bond donors (Lipinski definition) is 1. The monoisotopic (exact) mass is 444 g/mol. The predicted molar refractivity (Wildman–Crippen MR) is 111 cm³/mol. The largest absolute Gasteiger partial charge is 0.317 e. The van der Waals surface area contributed by atoms with E-state index in [0.717, 1.165) is 0 Å². The van der Waals surface area contributed by atoms with Gasteiger partial charge >= 0.3 is 0 Å². The molecule has 150 valence electrons. The van der Waals surface area contributed by atoms with Crippen molar-refractivity contribution in [3.05, 3.63) is 94.2 Å². The fourth-order valence-electron chi connectivity index (χ4n) is 2.73. The van der Waals surface area contributed by atoms with E-state index in [9.17, 15) is 13.6 Å². The molecule has 9 heteroatoms. The molecule has 3 aromatic carbocycles. The van der Waals surface area contributed by atoms with Crippen LogP contribution in [0.2, 0.25) is 10.0 Å². The Kier molecular flexibility index (Phi) is 5.48. The standard InChI is InChI=1S/C21H12Cl2F2N4O/c22-15-10-9-14(11-16(15)23)29-20(12-5-7-13(24)8-6-12)27-19(28-29)21(30)26-18-4-2-1-3-17(18)25/h1-11H,(H,26,30). The van der Waals surface area contributed by atoms with Crippen molar-refractivity contribution in [3.63, 3.8) is 0 Å². The zero-order valence-corrected chi connectivity index (χ0v) is 16.6. The molecule has 0 bridgehead atoms. The molecule has 0 spiro atoms. The summed E-state index contributed by atoms with van der Waals surface area (Å²) in [5.74, 6) is -1.65. The van der Waals surface area contributed by atoms with Gasteiger partial charge in [-0.25, -0.2) is 18.4 Å². The first kappa shape index (κ1) is 20.0. The van der Waals surface area contributed by atoms with Gasteiger partial charge in [0.15, 0.2) is 5.82 Å². The fraction of sp³-hybridized carbons (Fsp3) is 0. The third kappa shape index (κ3) is 4.03. The zero-order valence-electron chi connectivity index (χ0n) is 15.1. The highest BCUT2D eigenvalue weighted by molar-refractivity contribution is 6.42. The quantitative estimate of drug-likeness (QED) is 0.434. The Labute approximate surface area is 179 Å². The summed E-state index contributed by atoms with van der Waals surface area (Å²) >= 11 is 12.1. The van der Waals surface area contributed by atoms with Crippen molar-refractivity contribution in [2.75, 3.05) is 5.32 Å². The van der Waals surface area contributed by atoms with E-state index in [1.807, 2.05) is 0 Å². The van der Waals surface area contributed by atoms with Crippen molar-refractivity contribution in [1.82, 2.24) is 14.8 Å².